The van der Waals surface area contributed by atoms with Gasteiger partial charge in [0.25, 0.3) is 6.43 Å². The molecule has 1 aliphatic rings. The minimum atomic E-state index is -2.56. The largest absolute Gasteiger partial charge is 0.341 e. The summed E-state index contributed by atoms with van der Waals surface area (Å²) in [7, 11) is 1.80. The molecule has 1 aliphatic heterocycles. The van der Waals surface area contributed by atoms with Crippen LogP contribution in [-0.4, -0.2) is 16.3 Å². The van der Waals surface area contributed by atoms with Gasteiger partial charge in [-0.25, -0.2) is 8.78 Å². The minimum Gasteiger partial charge on any atom is -0.341 e. The van der Waals surface area contributed by atoms with Crippen molar-refractivity contribution < 1.29 is 8.78 Å². The molecule has 3 nitrogen and oxygen atoms in total. The summed E-state index contributed by atoms with van der Waals surface area (Å²) in [5, 5.41) is 4.19. The molecule has 4 rings (SSSR count). The van der Waals surface area contributed by atoms with Crippen LogP contribution in [0.4, 0.5) is 20.2 Å². The van der Waals surface area contributed by atoms with E-state index in [2.05, 4.69) is 54.7 Å². The lowest BCUT2D eigenvalue weighted by molar-refractivity contribution is 0.152. The highest BCUT2D eigenvalue weighted by Gasteiger charge is 2.25. The van der Waals surface area contributed by atoms with Crippen LogP contribution in [0.5, 0.6) is 0 Å². The topological polar surface area (TPSA) is 21.1 Å². The summed E-state index contributed by atoms with van der Waals surface area (Å²) in [6.07, 6.45) is 10.2. The van der Waals surface area contributed by atoms with Crippen molar-refractivity contribution in [2.75, 3.05) is 11.4 Å². The molecule has 1 aromatic heterocycles. The Kier molecular flexibility index (Phi) is 7.30. The second-order valence-corrected chi connectivity index (χ2v) is 9.03. The Morgan fingerprint density at radius 3 is 2.74 bits per heavy atom. The van der Waals surface area contributed by atoms with Gasteiger partial charge in [0, 0.05) is 42.3 Å². The Morgan fingerprint density at radius 1 is 1.24 bits per heavy atom. The van der Waals surface area contributed by atoms with Gasteiger partial charge < -0.3 is 4.90 Å². The van der Waals surface area contributed by atoms with Crippen molar-refractivity contribution in [1.82, 2.24) is 9.78 Å². The Balaban J connectivity index is 1.78. The number of hydrogen-bond acceptors (Lipinski definition) is 2. The molecule has 0 radical (unpaired) electrons. The molecule has 2 aromatic carbocycles. The first kappa shape index (κ1) is 23.9. The molecule has 2 heterocycles. The van der Waals surface area contributed by atoms with E-state index in [0.29, 0.717) is 5.56 Å². The van der Waals surface area contributed by atoms with Gasteiger partial charge in [0.15, 0.2) is 0 Å². The fourth-order valence-electron chi connectivity index (χ4n) is 4.76. The van der Waals surface area contributed by atoms with Crippen molar-refractivity contribution in [2.24, 2.45) is 7.05 Å². The third kappa shape index (κ3) is 4.84. The summed E-state index contributed by atoms with van der Waals surface area (Å²) in [4.78, 5) is 2.19. The molecule has 3 aromatic rings. The van der Waals surface area contributed by atoms with Gasteiger partial charge >= 0.3 is 0 Å². The van der Waals surface area contributed by atoms with E-state index in [1.54, 1.807) is 30.2 Å². The van der Waals surface area contributed by atoms with E-state index in [0.717, 1.165) is 72.3 Å². The molecule has 0 saturated carbocycles. The van der Waals surface area contributed by atoms with Crippen LogP contribution in [0.15, 0.2) is 61.5 Å². The van der Waals surface area contributed by atoms with Crippen LogP contribution >= 0.6 is 0 Å². The first-order chi connectivity index (χ1) is 16.4. The van der Waals surface area contributed by atoms with E-state index in [-0.39, 0.29) is 5.56 Å². The third-order valence-corrected chi connectivity index (χ3v) is 6.61. The van der Waals surface area contributed by atoms with Crippen LogP contribution in [-0.2, 0) is 13.5 Å². The molecule has 0 aliphatic carbocycles. The van der Waals surface area contributed by atoms with Crippen molar-refractivity contribution in [2.45, 2.75) is 52.4 Å². The van der Waals surface area contributed by atoms with Crippen LogP contribution in [0.1, 0.15) is 61.3 Å². The maximum atomic E-state index is 14.2. The van der Waals surface area contributed by atoms with E-state index in [4.69, 9.17) is 0 Å². The SMILES string of the molecule is C=C/C(=C/CCCC)c1cc(N2CCCc3cc(-c4cnn(C)c4)c(C(F)F)cc32)ccc1C. The maximum absolute atomic E-state index is 14.2. The molecule has 34 heavy (non-hydrogen) atoms. The first-order valence-electron chi connectivity index (χ1n) is 12.1. The standard InChI is InChI=1S/C29H33F2N3/c1-5-7-8-10-21(6-2)25-16-24(13-12-20(25)3)34-14-9-11-22-15-26(23-18-32-33(4)19-23)27(29(30)31)17-28(22)34/h6,10,12-13,15-19,29H,2,5,7-9,11,14H2,1,3-4H3/b21-10-. The number of allylic oxidation sites excluding steroid dienone is 3. The second-order valence-electron chi connectivity index (χ2n) is 9.03. The van der Waals surface area contributed by atoms with Gasteiger partial charge in [0.05, 0.1) is 6.20 Å². The number of unbranched alkanes of at least 4 members (excludes halogenated alkanes) is 2. The van der Waals surface area contributed by atoms with E-state index in [1.807, 2.05) is 12.1 Å². The molecule has 0 saturated heterocycles. The molecule has 178 valence electrons. The lowest BCUT2D eigenvalue weighted by atomic mass is 9.92. The van der Waals surface area contributed by atoms with Crippen LogP contribution in [0, 0.1) is 6.92 Å². The van der Waals surface area contributed by atoms with Crippen molar-refractivity contribution in [3.63, 3.8) is 0 Å². The summed E-state index contributed by atoms with van der Waals surface area (Å²) < 4.78 is 30.0. The zero-order valence-electron chi connectivity index (χ0n) is 20.3. The molecular weight excluding hydrogens is 428 g/mol. The van der Waals surface area contributed by atoms with Gasteiger partial charge in [-0.2, -0.15) is 5.10 Å². The predicted molar refractivity (Wildman–Crippen MR) is 138 cm³/mol. The second kappa shape index (κ2) is 10.4. The molecule has 0 bridgehead atoms. The molecule has 0 atom stereocenters. The monoisotopic (exact) mass is 461 g/mol. The number of alkyl halides is 2. The number of hydrogen-bond donors (Lipinski definition) is 0. The Morgan fingerprint density at radius 2 is 2.06 bits per heavy atom. The zero-order chi connectivity index (χ0) is 24.2. The summed E-state index contributed by atoms with van der Waals surface area (Å²) in [6.45, 7) is 9.13. The number of aromatic nitrogens is 2. The molecule has 0 amide bonds. The Labute approximate surface area is 201 Å². The lowest BCUT2D eigenvalue weighted by Crippen LogP contribution is -2.25. The minimum absolute atomic E-state index is 0.0530. The van der Waals surface area contributed by atoms with E-state index < -0.39 is 6.43 Å². The van der Waals surface area contributed by atoms with Crippen molar-refractivity contribution in [3.8, 4) is 11.1 Å². The van der Waals surface area contributed by atoms with Crippen molar-refractivity contribution in [3.05, 3.63) is 83.7 Å². The first-order valence-corrected chi connectivity index (χ1v) is 12.1. The lowest BCUT2D eigenvalue weighted by Gasteiger charge is -2.33. The number of aryl methyl sites for hydroxylation is 3. The van der Waals surface area contributed by atoms with Crippen LogP contribution in [0.2, 0.25) is 0 Å². The average Bonchev–Trinajstić information content (AvgIpc) is 3.27. The summed E-state index contributed by atoms with van der Waals surface area (Å²) in [5.74, 6) is 0. The van der Waals surface area contributed by atoms with Gasteiger partial charge in [-0.05, 0) is 78.3 Å². The fourth-order valence-corrected chi connectivity index (χ4v) is 4.76. The highest BCUT2D eigenvalue weighted by molar-refractivity contribution is 5.81. The maximum Gasteiger partial charge on any atom is 0.264 e. The van der Waals surface area contributed by atoms with Gasteiger partial charge in [-0.3, -0.25) is 4.68 Å². The normalized spacial score (nSPS) is 13.9. The predicted octanol–water partition coefficient (Wildman–Crippen LogP) is 8.18. The summed E-state index contributed by atoms with van der Waals surface area (Å²) >= 11 is 0. The summed E-state index contributed by atoms with van der Waals surface area (Å²) in [6, 6.07) is 10.0. The molecule has 0 spiro atoms. The zero-order valence-corrected chi connectivity index (χ0v) is 20.3. The highest BCUT2D eigenvalue weighted by atomic mass is 19.3. The molecule has 5 heteroatoms. The number of anilines is 2. The van der Waals surface area contributed by atoms with Crippen LogP contribution in [0.25, 0.3) is 16.7 Å². The van der Waals surface area contributed by atoms with E-state index >= 15 is 0 Å². The summed E-state index contributed by atoms with van der Waals surface area (Å²) in [5.41, 5.74) is 7.81. The van der Waals surface area contributed by atoms with Gasteiger partial charge in [0.1, 0.15) is 0 Å². The van der Waals surface area contributed by atoms with Gasteiger partial charge in [-0.1, -0.05) is 44.6 Å². The van der Waals surface area contributed by atoms with Crippen LogP contribution in [0.3, 0.4) is 0 Å². The molecule has 0 N–H and O–H groups in total. The average molecular weight is 462 g/mol. The van der Waals surface area contributed by atoms with Gasteiger partial charge in [-0.15, -0.1) is 0 Å². The van der Waals surface area contributed by atoms with Crippen molar-refractivity contribution in [1.29, 1.82) is 0 Å². The highest BCUT2D eigenvalue weighted by Crippen LogP contribution is 2.42. The number of halogens is 2. The van der Waals surface area contributed by atoms with Gasteiger partial charge in [0.2, 0.25) is 0 Å². The Hall–Kier alpha value is -3.21. The molecular formula is C29H33F2N3. The van der Waals surface area contributed by atoms with Crippen molar-refractivity contribution >= 4 is 16.9 Å². The smallest absolute Gasteiger partial charge is 0.264 e. The number of fused-ring (bicyclic) bond motifs is 1. The fraction of sp³-hybridized carbons (Fsp3) is 0.345. The molecule has 0 fully saturated rings. The van der Waals surface area contributed by atoms with E-state index in [9.17, 15) is 8.78 Å². The van der Waals surface area contributed by atoms with E-state index in [1.165, 1.54) is 5.56 Å². The third-order valence-electron chi connectivity index (χ3n) is 6.61. The molecule has 0 unspecified atom stereocenters. The number of nitrogens with zero attached hydrogens (tertiary/aromatic N) is 3. The van der Waals surface area contributed by atoms with Crippen LogP contribution < -0.4 is 4.90 Å². The number of rotatable bonds is 8. The quantitative estimate of drug-likeness (QED) is 0.249. The Bertz CT molecular complexity index is 1210. The number of benzene rings is 2.